The molecule has 5 heteroatoms. The van der Waals surface area contributed by atoms with E-state index in [1.807, 2.05) is 12.1 Å². The molecule has 132 valence electrons. The van der Waals surface area contributed by atoms with Crippen molar-refractivity contribution in [2.24, 2.45) is 11.7 Å². The molecule has 1 saturated carbocycles. The van der Waals surface area contributed by atoms with Crippen LogP contribution in [-0.4, -0.2) is 38.2 Å². The topological polar surface area (TPSA) is 76.4 Å². The molecule has 2 fully saturated rings. The molecule has 1 aromatic carbocycles. The molecule has 0 bridgehead atoms. The average molecular weight is 331 g/mol. The lowest BCUT2D eigenvalue weighted by Gasteiger charge is -2.33. The van der Waals surface area contributed by atoms with Crippen LogP contribution in [0.15, 0.2) is 24.3 Å². The summed E-state index contributed by atoms with van der Waals surface area (Å²) in [6.45, 7) is 1.80. The van der Waals surface area contributed by atoms with Gasteiger partial charge in [0.15, 0.2) is 0 Å². The van der Waals surface area contributed by atoms with Crippen molar-refractivity contribution in [2.45, 2.75) is 50.1 Å². The summed E-state index contributed by atoms with van der Waals surface area (Å²) < 4.78 is 5.24. The Morgan fingerprint density at radius 2 is 2.08 bits per heavy atom. The lowest BCUT2D eigenvalue weighted by Crippen LogP contribution is -2.50. The van der Waals surface area contributed by atoms with Crippen molar-refractivity contribution in [3.8, 4) is 5.75 Å². The maximum Gasteiger partial charge on any atom is 0.220 e. The van der Waals surface area contributed by atoms with Crippen molar-refractivity contribution in [3.05, 3.63) is 29.8 Å². The molecule has 3 rings (SSSR count). The monoisotopic (exact) mass is 331 g/mol. The van der Waals surface area contributed by atoms with Gasteiger partial charge in [-0.1, -0.05) is 18.6 Å². The summed E-state index contributed by atoms with van der Waals surface area (Å²) in [6, 6.07) is 8.54. The van der Waals surface area contributed by atoms with Crippen LogP contribution in [0.4, 0.5) is 0 Å². The second-order valence-corrected chi connectivity index (χ2v) is 7.11. The molecule has 0 aromatic heterocycles. The van der Waals surface area contributed by atoms with Crippen LogP contribution in [0.5, 0.6) is 5.75 Å². The molecule has 1 amide bonds. The summed E-state index contributed by atoms with van der Waals surface area (Å²) in [6.07, 6.45) is 4.88. The first-order valence-corrected chi connectivity index (χ1v) is 9.07. The minimum absolute atomic E-state index is 0.136. The maximum atomic E-state index is 12.5. The van der Waals surface area contributed by atoms with Crippen molar-refractivity contribution in [1.82, 2.24) is 10.6 Å². The van der Waals surface area contributed by atoms with Gasteiger partial charge in [-0.15, -0.1) is 0 Å². The van der Waals surface area contributed by atoms with E-state index in [1.165, 1.54) is 5.56 Å². The lowest BCUT2D eigenvalue weighted by atomic mass is 9.85. The summed E-state index contributed by atoms with van der Waals surface area (Å²) in [4.78, 5) is 12.5. The van der Waals surface area contributed by atoms with Crippen LogP contribution in [0.1, 0.15) is 43.6 Å². The molecule has 1 saturated heterocycles. The van der Waals surface area contributed by atoms with E-state index in [1.54, 1.807) is 7.11 Å². The molecule has 24 heavy (non-hydrogen) atoms. The Kier molecular flexibility index (Phi) is 5.74. The highest BCUT2D eigenvalue weighted by atomic mass is 16.5. The first-order chi connectivity index (χ1) is 11.7. The van der Waals surface area contributed by atoms with E-state index in [2.05, 4.69) is 22.8 Å². The number of carbonyl (C=O) groups excluding carboxylic acids is 1. The molecule has 4 N–H and O–H groups in total. The van der Waals surface area contributed by atoms with Gasteiger partial charge in [0, 0.05) is 31.0 Å². The fraction of sp³-hybridized carbons (Fsp3) is 0.632. The van der Waals surface area contributed by atoms with Crippen molar-refractivity contribution < 1.29 is 9.53 Å². The van der Waals surface area contributed by atoms with Crippen LogP contribution < -0.4 is 21.1 Å². The zero-order valence-corrected chi connectivity index (χ0v) is 14.5. The second-order valence-electron chi connectivity index (χ2n) is 7.11. The Balaban J connectivity index is 1.62. The zero-order valence-electron chi connectivity index (χ0n) is 14.5. The zero-order chi connectivity index (χ0) is 16.9. The number of ether oxygens (including phenoxy) is 1. The Labute approximate surface area is 144 Å². The van der Waals surface area contributed by atoms with Crippen molar-refractivity contribution in [3.63, 3.8) is 0 Å². The second kappa shape index (κ2) is 7.99. The van der Waals surface area contributed by atoms with Crippen molar-refractivity contribution in [1.29, 1.82) is 0 Å². The Bertz CT molecular complexity index is 546. The third kappa shape index (κ3) is 4.08. The summed E-state index contributed by atoms with van der Waals surface area (Å²) in [5, 5.41) is 6.66. The van der Waals surface area contributed by atoms with E-state index in [9.17, 15) is 4.79 Å². The first-order valence-electron chi connectivity index (χ1n) is 9.07. The standard InChI is InChI=1S/C19H29N3O2/c1-24-15-7-5-13(6-8-15)16-9-10-21-12-18(16)22-19(23)11-14-3-2-4-17(14)20/h5-8,14,16-18,21H,2-4,9-12,20H2,1H3,(H,22,23)/t14-,16?,17+,18?/m0/s1. The quantitative estimate of drug-likeness (QED) is 0.769. The highest BCUT2D eigenvalue weighted by Crippen LogP contribution is 2.29. The summed E-state index contributed by atoms with van der Waals surface area (Å²) >= 11 is 0. The average Bonchev–Trinajstić information content (AvgIpc) is 3.00. The Morgan fingerprint density at radius 3 is 2.75 bits per heavy atom. The highest BCUT2D eigenvalue weighted by Gasteiger charge is 2.30. The van der Waals surface area contributed by atoms with Crippen LogP contribution in [0.3, 0.4) is 0 Å². The third-order valence-electron chi connectivity index (χ3n) is 5.54. The number of rotatable bonds is 5. The number of nitrogens with one attached hydrogen (secondary N) is 2. The van der Waals surface area contributed by atoms with Gasteiger partial charge in [0.05, 0.1) is 7.11 Å². The van der Waals surface area contributed by atoms with E-state index < -0.39 is 0 Å². The lowest BCUT2D eigenvalue weighted by molar-refractivity contribution is -0.123. The Morgan fingerprint density at radius 1 is 1.29 bits per heavy atom. The van der Waals surface area contributed by atoms with Gasteiger partial charge in [-0.05, 0) is 49.4 Å². The predicted octanol–water partition coefficient (Wildman–Crippen LogP) is 1.77. The van der Waals surface area contributed by atoms with Gasteiger partial charge in [0.1, 0.15) is 5.75 Å². The minimum Gasteiger partial charge on any atom is -0.497 e. The number of methoxy groups -OCH3 is 1. The molecular formula is C19H29N3O2. The number of hydrogen-bond acceptors (Lipinski definition) is 4. The normalized spacial score (nSPS) is 30.1. The molecule has 0 radical (unpaired) electrons. The molecule has 1 aliphatic carbocycles. The molecule has 2 unspecified atom stereocenters. The largest absolute Gasteiger partial charge is 0.497 e. The van der Waals surface area contributed by atoms with Crippen LogP contribution in [0, 0.1) is 5.92 Å². The van der Waals surface area contributed by atoms with E-state index in [4.69, 9.17) is 10.5 Å². The van der Waals surface area contributed by atoms with E-state index >= 15 is 0 Å². The number of benzene rings is 1. The fourth-order valence-corrected chi connectivity index (χ4v) is 4.08. The molecule has 1 aromatic rings. The maximum absolute atomic E-state index is 12.5. The molecule has 2 aliphatic rings. The number of amides is 1. The predicted molar refractivity (Wildman–Crippen MR) is 95.1 cm³/mol. The number of carbonyl (C=O) groups is 1. The van der Waals surface area contributed by atoms with Gasteiger partial charge >= 0.3 is 0 Å². The van der Waals surface area contributed by atoms with Gasteiger partial charge in [0.2, 0.25) is 5.91 Å². The number of piperidine rings is 1. The van der Waals surface area contributed by atoms with Crippen LogP contribution in [-0.2, 0) is 4.79 Å². The number of nitrogens with two attached hydrogens (primary N) is 1. The van der Waals surface area contributed by atoms with E-state index in [-0.39, 0.29) is 18.0 Å². The van der Waals surface area contributed by atoms with Gasteiger partial charge in [-0.2, -0.15) is 0 Å². The fourth-order valence-electron chi connectivity index (χ4n) is 4.08. The summed E-state index contributed by atoms with van der Waals surface area (Å²) in [5.74, 6) is 1.70. The molecule has 4 atom stereocenters. The van der Waals surface area contributed by atoms with Crippen molar-refractivity contribution >= 4 is 5.91 Å². The van der Waals surface area contributed by atoms with Gasteiger partial charge < -0.3 is 21.1 Å². The first kappa shape index (κ1) is 17.2. The van der Waals surface area contributed by atoms with Crippen LogP contribution in [0.2, 0.25) is 0 Å². The van der Waals surface area contributed by atoms with E-state index in [0.29, 0.717) is 18.3 Å². The minimum atomic E-state index is 0.136. The SMILES string of the molecule is COc1ccc(C2CCNCC2NC(=O)C[C@@H]2CCC[C@H]2N)cc1. The van der Waals surface area contributed by atoms with Crippen LogP contribution in [0.25, 0.3) is 0 Å². The third-order valence-corrected chi connectivity index (χ3v) is 5.54. The molecule has 1 heterocycles. The molecule has 1 aliphatic heterocycles. The highest BCUT2D eigenvalue weighted by molar-refractivity contribution is 5.76. The molecule has 5 nitrogen and oxygen atoms in total. The molecular weight excluding hydrogens is 302 g/mol. The van der Waals surface area contributed by atoms with Gasteiger partial charge in [-0.3, -0.25) is 4.79 Å². The Hall–Kier alpha value is -1.59. The summed E-state index contributed by atoms with van der Waals surface area (Å²) in [5.41, 5.74) is 7.37. The molecule has 0 spiro atoms. The van der Waals surface area contributed by atoms with E-state index in [0.717, 1.165) is 44.5 Å². The van der Waals surface area contributed by atoms with Gasteiger partial charge in [0.25, 0.3) is 0 Å². The van der Waals surface area contributed by atoms with Crippen molar-refractivity contribution in [2.75, 3.05) is 20.2 Å². The number of hydrogen-bond donors (Lipinski definition) is 3. The van der Waals surface area contributed by atoms with Crippen LogP contribution >= 0.6 is 0 Å². The van der Waals surface area contributed by atoms with Gasteiger partial charge in [-0.25, -0.2) is 0 Å². The smallest absolute Gasteiger partial charge is 0.220 e. The summed E-state index contributed by atoms with van der Waals surface area (Å²) in [7, 11) is 1.68.